The van der Waals surface area contributed by atoms with Crippen molar-refractivity contribution in [3.8, 4) is 0 Å². The molecule has 106 valence electrons. The monoisotopic (exact) mass is 258 g/mol. The van der Waals surface area contributed by atoms with Gasteiger partial charge in [0.25, 0.3) is 0 Å². The van der Waals surface area contributed by atoms with E-state index in [9.17, 15) is 9.59 Å². The first-order chi connectivity index (χ1) is 8.47. The molecule has 1 N–H and O–H groups in total. The third kappa shape index (κ3) is 5.38. The Labute approximate surface area is 110 Å². The number of ether oxygens (including phenoxy) is 1. The molecule has 0 bridgehead atoms. The van der Waals surface area contributed by atoms with Crippen LogP contribution >= 0.6 is 0 Å². The number of nitrogens with zero attached hydrogens (tertiary/aromatic N) is 1. The van der Waals surface area contributed by atoms with Crippen LogP contribution in [0.5, 0.6) is 0 Å². The summed E-state index contributed by atoms with van der Waals surface area (Å²) >= 11 is 0. The summed E-state index contributed by atoms with van der Waals surface area (Å²) in [5, 5.41) is 2.75. The highest BCUT2D eigenvalue weighted by molar-refractivity contribution is 5.83. The molecule has 0 spiro atoms. The number of carbonyl (C=O) groups excluding carboxylic acids is 2. The van der Waals surface area contributed by atoms with Crippen LogP contribution < -0.4 is 5.32 Å². The zero-order chi connectivity index (χ0) is 14.1. The molecule has 0 aliphatic heterocycles. The summed E-state index contributed by atoms with van der Waals surface area (Å²) in [5.41, 5.74) is 0. The molecule has 1 unspecified atom stereocenters. The summed E-state index contributed by atoms with van der Waals surface area (Å²) in [4.78, 5) is 25.4. The molecule has 2 amide bonds. The summed E-state index contributed by atoms with van der Waals surface area (Å²) < 4.78 is 4.70. The molecule has 0 aliphatic carbocycles. The van der Waals surface area contributed by atoms with Crippen molar-refractivity contribution in [3.05, 3.63) is 0 Å². The Balaban J connectivity index is 4.59. The average molecular weight is 258 g/mol. The fraction of sp³-hybridized carbons (Fsp3) is 0.846. The van der Waals surface area contributed by atoms with Gasteiger partial charge in [-0.25, -0.2) is 9.59 Å². The molecule has 18 heavy (non-hydrogen) atoms. The molecule has 0 saturated heterocycles. The topological polar surface area (TPSA) is 58.6 Å². The molecule has 1 atom stereocenters. The SMILES string of the molecule is CCCN(CCC)C(=O)NC(C(=O)OC)C(C)C. The number of carbonyl (C=O) groups is 2. The van der Waals surface area contributed by atoms with Crippen molar-refractivity contribution >= 4 is 12.0 Å². The van der Waals surface area contributed by atoms with Crippen LogP contribution in [0.25, 0.3) is 0 Å². The summed E-state index contributed by atoms with van der Waals surface area (Å²) in [7, 11) is 1.33. The summed E-state index contributed by atoms with van der Waals surface area (Å²) in [5.74, 6) is -0.391. The third-order valence-corrected chi connectivity index (χ3v) is 2.68. The number of urea groups is 1. The van der Waals surface area contributed by atoms with Gasteiger partial charge < -0.3 is 15.0 Å². The van der Waals surface area contributed by atoms with Gasteiger partial charge in [-0.15, -0.1) is 0 Å². The number of esters is 1. The second kappa shape index (κ2) is 8.78. The highest BCUT2D eigenvalue weighted by Crippen LogP contribution is 2.05. The Kier molecular flexibility index (Phi) is 8.16. The molecule has 0 aliphatic rings. The van der Waals surface area contributed by atoms with Crippen LogP contribution in [-0.4, -0.2) is 43.1 Å². The number of nitrogens with one attached hydrogen (secondary N) is 1. The third-order valence-electron chi connectivity index (χ3n) is 2.68. The molecule has 0 radical (unpaired) electrons. The molecule has 0 aromatic carbocycles. The molecule has 0 aromatic heterocycles. The molecular formula is C13H26N2O3. The van der Waals surface area contributed by atoms with E-state index in [-0.39, 0.29) is 11.9 Å². The lowest BCUT2D eigenvalue weighted by Gasteiger charge is -2.26. The van der Waals surface area contributed by atoms with Crippen LogP contribution in [0.2, 0.25) is 0 Å². The van der Waals surface area contributed by atoms with Crippen molar-refractivity contribution in [3.63, 3.8) is 0 Å². The second-order valence-electron chi connectivity index (χ2n) is 4.68. The lowest BCUT2D eigenvalue weighted by Crippen LogP contribution is -2.50. The zero-order valence-electron chi connectivity index (χ0n) is 12.2. The maximum atomic E-state index is 12.1. The second-order valence-corrected chi connectivity index (χ2v) is 4.68. The van der Waals surface area contributed by atoms with Gasteiger partial charge in [-0.2, -0.15) is 0 Å². The van der Waals surface area contributed by atoms with Crippen molar-refractivity contribution < 1.29 is 14.3 Å². The number of hydrogen-bond donors (Lipinski definition) is 1. The quantitative estimate of drug-likeness (QED) is 0.711. The number of methoxy groups -OCH3 is 1. The van der Waals surface area contributed by atoms with Gasteiger partial charge in [-0.1, -0.05) is 27.7 Å². The molecule has 5 nitrogen and oxygen atoms in total. The Morgan fingerprint density at radius 2 is 1.67 bits per heavy atom. The van der Waals surface area contributed by atoms with Crippen molar-refractivity contribution in [1.29, 1.82) is 0 Å². The van der Waals surface area contributed by atoms with E-state index in [0.29, 0.717) is 13.1 Å². The largest absolute Gasteiger partial charge is 0.467 e. The first-order valence-corrected chi connectivity index (χ1v) is 6.61. The van der Waals surface area contributed by atoms with Gasteiger partial charge in [-0.05, 0) is 18.8 Å². The Bertz CT molecular complexity index is 261. The van der Waals surface area contributed by atoms with Crippen molar-refractivity contribution in [2.75, 3.05) is 20.2 Å². The number of amides is 2. The predicted octanol–water partition coefficient (Wildman–Crippen LogP) is 2.02. The Morgan fingerprint density at radius 1 is 1.17 bits per heavy atom. The summed E-state index contributed by atoms with van der Waals surface area (Å²) in [6, 6.07) is -0.776. The lowest BCUT2D eigenvalue weighted by atomic mass is 10.1. The lowest BCUT2D eigenvalue weighted by molar-refractivity contribution is -0.144. The van der Waals surface area contributed by atoms with E-state index >= 15 is 0 Å². The highest BCUT2D eigenvalue weighted by Gasteiger charge is 2.26. The zero-order valence-corrected chi connectivity index (χ0v) is 12.2. The summed E-state index contributed by atoms with van der Waals surface area (Å²) in [6.07, 6.45) is 1.80. The van der Waals surface area contributed by atoms with Crippen LogP contribution in [0.3, 0.4) is 0 Å². The van der Waals surface area contributed by atoms with Crippen LogP contribution in [-0.2, 0) is 9.53 Å². The predicted molar refractivity (Wildman–Crippen MR) is 71.3 cm³/mol. The van der Waals surface area contributed by atoms with E-state index in [1.54, 1.807) is 4.90 Å². The van der Waals surface area contributed by atoms with Crippen LogP contribution in [0, 0.1) is 5.92 Å². The average Bonchev–Trinajstić information content (AvgIpc) is 2.34. The van der Waals surface area contributed by atoms with Gasteiger partial charge in [-0.3, -0.25) is 0 Å². The molecule has 0 rings (SSSR count). The Morgan fingerprint density at radius 3 is 2.00 bits per heavy atom. The molecule has 5 heteroatoms. The van der Waals surface area contributed by atoms with Crippen LogP contribution in [0.4, 0.5) is 4.79 Å². The number of hydrogen-bond acceptors (Lipinski definition) is 3. The summed E-state index contributed by atoms with van der Waals surface area (Å²) in [6.45, 7) is 9.21. The minimum Gasteiger partial charge on any atom is -0.467 e. The van der Waals surface area contributed by atoms with Gasteiger partial charge >= 0.3 is 12.0 Å². The molecular weight excluding hydrogens is 232 g/mol. The smallest absolute Gasteiger partial charge is 0.328 e. The standard InChI is InChI=1S/C13H26N2O3/c1-6-8-15(9-7-2)13(17)14-11(10(3)4)12(16)18-5/h10-11H,6-9H2,1-5H3,(H,14,17). The number of rotatable bonds is 7. The fourth-order valence-corrected chi connectivity index (χ4v) is 1.70. The van der Waals surface area contributed by atoms with E-state index in [0.717, 1.165) is 12.8 Å². The van der Waals surface area contributed by atoms with Gasteiger partial charge in [0.2, 0.25) is 0 Å². The van der Waals surface area contributed by atoms with Gasteiger partial charge in [0.1, 0.15) is 6.04 Å². The molecule has 0 heterocycles. The maximum absolute atomic E-state index is 12.1. The first-order valence-electron chi connectivity index (χ1n) is 6.61. The van der Waals surface area contributed by atoms with Crippen molar-refractivity contribution in [2.45, 2.75) is 46.6 Å². The van der Waals surface area contributed by atoms with Crippen LogP contribution in [0.1, 0.15) is 40.5 Å². The van der Waals surface area contributed by atoms with Gasteiger partial charge in [0.05, 0.1) is 7.11 Å². The van der Waals surface area contributed by atoms with E-state index in [1.165, 1.54) is 7.11 Å². The van der Waals surface area contributed by atoms with Gasteiger partial charge in [0.15, 0.2) is 0 Å². The fourth-order valence-electron chi connectivity index (χ4n) is 1.70. The molecule has 0 aromatic rings. The van der Waals surface area contributed by atoms with E-state index < -0.39 is 12.0 Å². The highest BCUT2D eigenvalue weighted by atomic mass is 16.5. The van der Waals surface area contributed by atoms with E-state index in [2.05, 4.69) is 5.32 Å². The normalized spacial score (nSPS) is 12.1. The minimum atomic E-state index is -0.585. The maximum Gasteiger partial charge on any atom is 0.328 e. The molecule has 0 fully saturated rings. The van der Waals surface area contributed by atoms with Crippen molar-refractivity contribution in [1.82, 2.24) is 10.2 Å². The Hall–Kier alpha value is -1.26. The minimum absolute atomic E-state index is 0.00602. The van der Waals surface area contributed by atoms with E-state index in [4.69, 9.17) is 4.74 Å². The van der Waals surface area contributed by atoms with E-state index in [1.807, 2.05) is 27.7 Å². The van der Waals surface area contributed by atoms with Crippen molar-refractivity contribution in [2.24, 2.45) is 5.92 Å². The van der Waals surface area contributed by atoms with Crippen LogP contribution in [0.15, 0.2) is 0 Å². The molecule has 0 saturated carbocycles. The van der Waals surface area contributed by atoms with Gasteiger partial charge in [0, 0.05) is 13.1 Å². The first kappa shape index (κ1) is 16.7.